The lowest BCUT2D eigenvalue weighted by atomic mass is 10.1. The fraction of sp³-hybridized carbons (Fsp3) is 0. The van der Waals surface area contributed by atoms with Crippen molar-refractivity contribution in [2.24, 2.45) is 0 Å². The number of hydrogen-bond donors (Lipinski definition) is 2. The zero-order chi connectivity index (χ0) is 12.3. The van der Waals surface area contributed by atoms with Crippen LogP contribution in [0, 0.1) is 0 Å². The van der Waals surface area contributed by atoms with Crippen molar-refractivity contribution < 1.29 is 14.7 Å². The molecule has 0 radical (unpaired) electrons. The Labute approximate surface area is 99.9 Å². The Morgan fingerprint density at radius 1 is 1.24 bits per heavy atom. The monoisotopic (exact) mass is 249 g/mol. The van der Waals surface area contributed by atoms with E-state index in [2.05, 4.69) is 15.5 Å². The second-order valence-electron chi connectivity index (χ2n) is 3.05. The number of carbonyl (C=O) groups excluding carboxylic acids is 1. The van der Waals surface area contributed by atoms with Gasteiger partial charge in [0.25, 0.3) is 5.91 Å². The number of hydrogen-bond acceptors (Lipinski definition) is 5. The molecule has 0 unspecified atom stereocenters. The molecule has 17 heavy (non-hydrogen) atoms. The summed E-state index contributed by atoms with van der Waals surface area (Å²) < 4.78 is 0. The molecule has 0 aliphatic heterocycles. The lowest BCUT2D eigenvalue weighted by Gasteiger charge is -2.04. The quantitative estimate of drug-likeness (QED) is 0.859. The van der Waals surface area contributed by atoms with Gasteiger partial charge in [-0.3, -0.25) is 10.1 Å². The van der Waals surface area contributed by atoms with E-state index < -0.39 is 11.9 Å². The maximum Gasteiger partial charge on any atom is 0.336 e. The summed E-state index contributed by atoms with van der Waals surface area (Å²) in [5.41, 5.74) is 1.52. The Morgan fingerprint density at radius 2 is 1.94 bits per heavy atom. The van der Waals surface area contributed by atoms with E-state index in [0.29, 0.717) is 5.13 Å². The van der Waals surface area contributed by atoms with Crippen molar-refractivity contribution in [2.45, 2.75) is 0 Å². The number of amides is 1. The Morgan fingerprint density at radius 3 is 2.53 bits per heavy atom. The molecule has 0 saturated heterocycles. The highest BCUT2D eigenvalue weighted by Gasteiger charge is 2.16. The van der Waals surface area contributed by atoms with Crippen LogP contribution in [0.4, 0.5) is 5.13 Å². The van der Waals surface area contributed by atoms with E-state index in [1.54, 1.807) is 12.1 Å². The van der Waals surface area contributed by atoms with Gasteiger partial charge in [0.05, 0.1) is 11.1 Å². The van der Waals surface area contributed by atoms with Gasteiger partial charge in [-0.1, -0.05) is 23.5 Å². The number of nitrogens with one attached hydrogen (secondary N) is 1. The van der Waals surface area contributed by atoms with Gasteiger partial charge in [-0.2, -0.15) is 0 Å². The first-order valence-electron chi connectivity index (χ1n) is 4.58. The molecule has 0 spiro atoms. The van der Waals surface area contributed by atoms with Crippen LogP contribution in [-0.2, 0) is 0 Å². The van der Waals surface area contributed by atoms with Gasteiger partial charge in [0.15, 0.2) is 0 Å². The average molecular weight is 249 g/mol. The van der Waals surface area contributed by atoms with Gasteiger partial charge >= 0.3 is 5.97 Å². The molecule has 7 heteroatoms. The van der Waals surface area contributed by atoms with Crippen LogP contribution in [0.25, 0.3) is 0 Å². The number of aromatic carboxylic acids is 1. The smallest absolute Gasteiger partial charge is 0.336 e. The van der Waals surface area contributed by atoms with Gasteiger partial charge in [0.1, 0.15) is 5.51 Å². The van der Waals surface area contributed by atoms with Crippen molar-refractivity contribution in [1.29, 1.82) is 0 Å². The van der Waals surface area contributed by atoms with Crippen LogP contribution in [0.15, 0.2) is 29.8 Å². The minimum atomic E-state index is -1.15. The van der Waals surface area contributed by atoms with E-state index in [1.165, 1.54) is 17.6 Å². The predicted octanol–water partition coefficient (Wildman–Crippen LogP) is 1.49. The predicted molar refractivity (Wildman–Crippen MR) is 61.3 cm³/mol. The number of rotatable bonds is 3. The van der Waals surface area contributed by atoms with Crippen molar-refractivity contribution in [2.75, 3.05) is 5.32 Å². The van der Waals surface area contributed by atoms with Crippen LogP contribution in [-0.4, -0.2) is 27.2 Å². The summed E-state index contributed by atoms with van der Waals surface area (Å²) in [5, 5.41) is 18.9. The van der Waals surface area contributed by atoms with Crippen molar-refractivity contribution in [1.82, 2.24) is 10.2 Å². The number of carbonyl (C=O) groups is 2. The van der Waals surface area contributed by atoms with E-state index in [-0.39, 0.29) is 11.1 Å². The third kappa shape index (κ3) is 2.45. The molecular formula is C10H7N3O3S. The summed E-state index contributed by atoms with van der Waals surface area (Å²) in [4.78, 5) is 22.7. The number of anilines is 1. The number of aromatic nitrogens is 2. The first-order chi connectivity index (χ1) is 8.18. The topological polar surface area (TPSA) is 92.2 Å². The first-order valence-corrected chi connectivity index (χ1v) is 5.46. The van der Waals surface area contributed by atoms with Crippen molar-refractivity contribution >= 4 is 28.3 Å². The lowest BCUT2D eigenvalue weighted by molar-refractivity contribution is 0.0692. The van der Waals surface area contributed by atoms with Gasteiger partial charge in [0.2, 0.25) is 5.13 Å². The molecule has 1 amide bonds. The SMILES string of the molecule is O=C(O)c1ccccc1C(=O)Nc1nncs1. The Balaban J connectivity index is 2.28. The van der Waals surface area contributed by atoms with E-state index in [0.717, 1.165) is 11.3 Å². The standard InChI is InChI=1S/C10H7N3O3S/c14-8(12-10-13-11-5-17-10)6-3-1-2-4-7(6)9(15)16/h1-5H,(H,15,16)(H,12,13,14). The highest BCUT2D eigenvalue weighted by molar-refractivity contribution is 7.13. The minimum Gasteiger partial charge on any atom is -0.478 e. The number of carboxylic acids is 1. The highest BCUT2D eigenvalue weighted by atomic mass is 32.1. The second-order valence-corrected chi connectivity index (χ2v) is 3.88. The summed E-state index contributed by atoms with van der Waals surface area (Å²) >= 11 is 1.16. The molecule has 2 N–H and O–H groups in total. The Kier molecular flexibility index (Phi) is 3.10. The first kappa shape index (κ1) is 11.2. The average Bonchev–Trinajstić information content (AvgIpc) is 2.81. The third-order valence-corrected chi connectivity index (χ3v) is 2.59. The molecule has 1 aromatic heterocycles. The molecule has 0 bridgehead atoms. The number of carboxylic acid groups (broad SMARTS) is 1. The van der Waals surface area contributed by atoms with Gasteiger partial charge in [-0.05, 0) is 12.1 Å². The van der Waals surface area contributed by atoms with E-state index >= 15 is 0 Å². The molecule has 1 heterocycles. The van der Waals surface area contributed by atoms with E-state index in [4.69, 9.17) is 5.11 Å². The normalized spacial score (nSPS) is 9.88. The molecule has 6 nitrogen and oxygen atoms in total. The third-order valence-electron chi connectivity index (χ3n) is 1.98. The van der Waals surface area contributed by atoms with Crippen LogP contribution in [0.1, 0.15) is 20.7 Å². The zero-order valence-electron chi connectivity index (χ0n) is 8.45. The molecule has 2 rings (SSSR count). The van der Waals surface area contributed by atoms with Crippen molar-refractivity contribution in [3.05, 3.63) is 40.9 Å². The fourth-order valence-corrected chi connectivity index (χ4v) is 1.70. The fourth-order valence-electron chi connectivity index (χ4n) is 1.26. The van der Waals surface area contributed by atoms with Crippen LogP contribution in [0.5, 0.6) is 0 Å². The molecule has 86 valence electrons. The molecule has 0 aliphatic carbocycles. The summed E-state index contributed by atoms with van der Waals surface area (Å²) in [6.07, 6.45) is 0. The van der Waals surface area contributed by atoms with Gasteiger partial charge < -0.3 is 5.11 Å². The summed E-state index contributed by atoms with van der Waals surface area (Å²) in [6.45, 7) is 0. The molecule has 0 atom stereocenters. The van der Waals surface area contributed by atoms with Crippen LogP contribution in [0.2, 0.25) is 0 Å². The molecular weight excluding hydrogens is 242 g/mol. The minimum absolute atomic E-state index is 0.0467. The zero-order valence-corrected chi connectivity index (χ0v) is 9.27. The Hall–Kier alpha value is -2.28. The molecule has 1 aromatic carbocycles. The summed E-state index contributed by atoms with van der Waals surface area (Å²) in [6, 6.07) is 5.98. The lowest BCUT2D eigenvalue weighted by Crippen LogP contribution is -2.16. The second kappa shape index (κ2) is 4.71. The molecule has 0 saturated carbocycles. The van der Waals surface area contributed by atoms with Crippen molar-refractivity contribution in [3.8, 4) is 0 Å². The van der Waals surface area contributed by atoms with Crippen LogP contribution in [0.3, 0.4) is 0 Å². The summed E-state index contributed by atoms with van der Waals surface area (Å²) in [7, 11) is 0. The molecule has 0 fully saturated rings. The van der Waals surface area contributed by atoms with E-state index in [9.17, 15) is 9.59 Å². The molecule has 2 aromatic rings. The van der Waals surface area contributed by atoms with Gasteiger partial charge in [-0.15, -0.1) is 10.2 Å². The Bertz CT molecular complexity index is 554. The van der Waals surface area contributed by atoms with Crippen LogP contribution < -0.4 is 5.32 Å². The maximum absolute atomic E-state index is 11.8. The van der Waals surface area contributed by atoms with Crippen molar-refractivity contribution in [3.63, 3.8) is 0 Å². The number of nitrogens with zero attached hydrogens (tertiary/aromatic N) is 2. The number of benzene rings is 1. The van der Waals surface area contributed by atoms with Crippen LogP contribution >= 0.6 is 11.3 Å². The summed E-state index contributed by atoms with van der Waals surface area (Å²) in [5.74, 6) is -1.66. The van der Waals surface area contributed by atoms with Gasteiger partial charge in [-0.25, -0.2) is 4.79 Å². The van der Waals surface area contributed by atoms with E-state index in [1.807, 2.05) is 0 Å². The highest BCUT2D eigenvalue weighted by Crippen LogP contribution is 2.13. The largest absolute Gasteiger partial charge is 0.478 e. The maximum atomic E-state index is 11.8. The molecule has 0 aliphatic rings. The van der Waals surface area contributed by atoms with Gasteiger partial charge in [0, 0.05) is 0 Å².